The van der Waals surface area contributed by atoms with Gasteiger partial charge in [-0.1, -0.05) is 69.5 Å². The zero-order chi connectivity index (χ0) is 12.3. The summed E-state index contributed by atoms with van der Waals surface area (Å²) in [5, 5.41) is 1.57. The summed E-state index contributed by atoms with van der Waals surface area (Å²) in [5.41, 5.74) is 2.35. The predicted molar refractivity (Wildman–Crippen MR) is 78.3 cm³/mol. The molecule has 0 N–H and O–H groups in total. The van der Waals surface area contributed by atoms with Gasteiger partial charge in [0.2, 0.25) is 0 Å². The second-order valence-corrected chi connectivity index (χ2v) is 5.76. The Balaban J connectivity index is 2.14. The molecule has 0 saturated carbocycles. The van der Waals surface area contributed by atoms with Crippen LogP contribution in [0.4, 0.5) is 0 Å². The van der Waals surface area contributed by atoms with Gasteiger partial charge in [0.15, 0.2) is 0 Å². The second-order valence-electron chi connectivity index (χ2n) is 3.81. The SMILES string of the molecule is Clc1ccc(C(Br)Cc2ccccc2Cl)cc1. The third kappa shape index (κ3) is 3.48. The van der Waals surface area contributed by atoms with E-state index >= 15 is 0 Å². The molecular formula is C14H11BrCl2. The average Bonchev–Trinajstić information content (AvgIpc) is 2.33. The summed E-state index contributed by atoms with van der Waals surface area (Å²) in [6.45, 7) is 0. The molecule has 17 heavy (non-hydrogen) atoms. The Hall–Kier alpha value is -0.500. The van der Waals surface area contributed by atoms with Crippen LogP contribution >= 0.6 is 39.1 Å². The lowest BCUT2D eigenvalue weighted by Crippen LogP contribution is -1.95. The maximum absolute atomic E-state index is 6.14. The molecular weight excluding hydrogens is 319 g/mol. The fraction of sp³-hybridized carbons (Fsp3) is 0.143. The lowest BCUT2D eigenvalue weighted by atomic mass is 10.0. The standard InChI is InChI=1S/C14H11BrCl2/c15-13(10-5-7-12(16)8-6-10)9-11-3-1-2-4-14(11)17/h1-8,13H,9H2. The predicted octanol–water partition coefficient (Wildman–Crippen LogP) is 5.67. The number of rotatable bonds is 3. The van der Waals surface area contributed by atoms with Gasteiger partial charge in [0.25, 0.3) is 0 Å². The van der Waals surface area contributed by atoms with Crippen LogP contribution < -0.4 is 0 Å². The van der Waals surface area contributed by atoms with E-state index in [1.54, 1.807) is 0 Å². The summed E-state index contributed by atoms with van der Waals surface area (Å²) in [6.07, 6.45) is 0.862. The Labute approximate surface area is 120 Å². The molecule has 1 atom stereocenters. The van der Waals surface area contributed by atoms with E-state index in [-0.39, 0.29) is 4.83 Å². The number of hydrogen-bond acceptors (Lipinski definition) is 0. The van der Waals surface area contributed by atoms with Crippen LogP contribution in [-0.4, -0.2) is 0 Å². The van der Waals surface area contributed by atoms with Gasteiger partial charge in [0.05, 0.1) is 0 Å². The van der Waals surface area contributed by atoms with Crippen molar-refractivity contribution in [3.63, 3.8) is 0 Å². The molecule has 0 radical (unpaired) electrons. The molecule has 0 saturated heterocycles. The molecule has 0 nitrogen and oxygen atoms in total. The van der Waals surface area contributed by atoms with Gasteiger partial charge in [0.1, 0.15) is 0 Å². The monoisotopic (exact) mass is 328 g/mol. The number of hydrogen-bond donors (Lipinski definition) is 0. The lowest BCUT2D eigenvalue weighted by Gasteiger charge is -2.11. The van der Waals surface area contributed by atoms with Gasteiger partial charge in [-0.2, -0.15) is 0 Å². The molecule has 2 aromatic rings. The molecule has 88 valence electrons. The first-order valence-electron chi connectivity index (χ1n) is 5.30. The van der Waals surface area contributed by atoms with Crippen molar-refractivity contribution in [1.29, 1.82) is 0 Å². The third-order valence-corrected chi connectivity index (χ3v) is 4.06. The van der Waals surface area contributed by atoms with Crippen molar-refractivity contribution in [3.8, 4) is 0 Å². The van der Waals surface area contributed by atoms with Crippen LogP contribution in [0.5, 0.6) is 0 Å². The lowest BCUT2D eigenvalue weighted by molar-refractivity contribution is 0.949. The Kier molecular flexibility index (Phi) is 4.49. The van der Waals surface area contributed by atoms with Crippen molar-refractivity contribution in [2.75, 3.05) is 0 Å². The van der Waals surface area contributed by atoms with Crippen LogP contribution in [0, 0.1) is 0 Å². The minimum Gasteiger partial charge on any atom is -0.0843 e. The summed E-state index contributed by atoms with van der Waals surface area (Å²) in [7, 11) is 0. The van der Waals surface area contributed by atoms with Crippen molar-refractivity contribution in [2.24, 2.45) is 0 Å². The fourth-order valence-corrected chi connectivity index (χ4v) is 2.64. The van der Waals surface area contributed by atoms with Crippen molar-refractivity contribution >= 4 is 39.1 Å². The van der Waals surface area contributed by atoms with Crippen LogP contribution in [0.3, 0.4) is 0 Å². The van der Waals surface area contributed by atoms with Crippen molar-refractivity contribution < 1.29 is 0 Å². The van der Waals surface area contributed by atoms with E-state index in [1.807, 2.05) is 48.5 Å². The topological polar surface area (TPSA) is 0 Å². The van der Waals surface area contributed by atoms with E-state index in [2.05, 4.69) is 15.9 Å². The highest BCUT2D eigenvalue weighted by Crippen LogP contribution is 2.30. The van der Waals surface area contributed by atoms with Gasteiger partial charge in [0, 0.05) is 14.9 Å². The zero-order valence-corrected chi connectivity index (χ0v) is 12.1. The Morgan fingerprint density at radius 1 is 0.941 bits per heavy atom. The van der Waals surface area contributed by atoms with Crippen LogP contribution in [0.15, 0.2) is 48.5 Å². The quantitative estimate of drug-likeness (QED) is 0.636. The average molecular weight is 330 g/mol. The molecule has 1 unspecified atom stereocenters. The van der Waals surface area contributed by atoms with Crippen molar-refractivity contribution in [1.82, 2.24) is 0 Å². The number of benzene rings is 2. The first-order chi connectivity index (χ1) is 8.16. The summed E-state index contributed by atoms with van der Waals surface area (Å²) < 4.78 is 0. The zero-order valence-electron chi connectivity index (χ0n) is 9.04. The largest absolute Gasteiger partial charge is 0.0843 e. The smallest absolute Gasteiger partial charge is 0.0438 e. The van der Waals surface area contributed by atoms with Crippen LogP contribution in [0.2, 0.25) is 10.0 Å². The molecule has 0 aromatic heterocycles. The van der Waals surface area contributed by atoms with Crippen LogP contribution in [0.1, 0.15) is 16.0 Å². The normalized spacial score (nSPS) is 12.4. The van der Waals surface area contributed by atoms with Gasteiger partial charge in [-0.15, -0.1) is 0 Å². The number of alkyl halides is 1. The highest BCUT2D eigenvalue weighted by Gasteiger charge is 2.10. The van der Waals surface area contributed by atoms with E-state index in [4.69, 9.17) is 23.2 Å². The fourth-order valence-electron chi connectivity index (χ4n) is 1.65. The van der Waals surface area contributed by atoms with E-state index in [9.17, 15) is 0 Å². The van der Waals surface area contributed by atoms with E-state index < -0.39 is 0 Å². The molecule has 0 aliphatic rings. The maximum Gasteiger partial charge on any atom is 0.0438 e. The minimum atomic E-state index is 0.250. The van der Waals surface area contributed by atoms with E-state index in [1.165, 1.54) is 5.56 Å². The van der Waals surface area contributed by atoms with Crippen LogP contribution in [-0.2, 0) is 6.42 Å². The van der Waals surface area contributed by atoms with Gasteiger partial charge < -0.3 is 0 Å². The van der Waals surface area contributed by atoms with Gasteiger partial charge >= 0.3 is 0 Å². The molecule has 0 spiro atoms. The molecule has 3 heteroatoms. The molecule has 0 heterocycles. The highest BCUT2D eigenvalue weighted by molar-refractivity contribution is 9.09. The first kappa shape index (κ1) is 12.9. The Morgan fingerprint density at radius 3 is 2.24 bits per heavy atom. The highest BCUT2D eigenvalue weighted by atomic mass is 79.9. The van der Waals surface area contributed by atoms with Crippen molar-refractivity contribution in [3.05, 3.63) is 69.7 Å². The molecule has 0 amide bonds. The minimum absolute atomic E-state index is 0.250. The summed E-state index contributed by atoms with van der Waals surface area (Å²) in [4.78, 5) is 0.250. The van der Waals surface area contributed by atoms with Gasteiger partial charge in [-0.3, -0.25) is 0 Å². The molecule has 0 aliphatic heterocycles. The first-order valence-corrected chi connectivity index (χ1v) is 6.97. The Bertz CT molecular complexity index is 494. The summed E-state index contributed by atoms with van der Waals surface area (Å²) >= 11 is 15.7. The van der Waals surface area contributed by atoms with Crippen LogP contribution in [0.25, 0.3) is 0 Å². The van der Waals surface area contributed by atoms with E-state index in [0.29, 0.717) is 0 Å². The van der Waals surface area contributed by atoms with Gasteiger partial charge in [-0.25, -0.2) is 0 Å². The van der Waals surface area contributed by atoms with E-state index in [0.717, 1.165) is 22.0 Å². The molecule has 0 bridgehead atoms. The van der Waals surface area contributed by atoms with Crippen molar-refractivity contribution in [2.45, 2.75) is 11.2 Å². The molecule has 2 aromatic carbocycles. The van der Waals surface area contributed by atoms with Gasteiger partial charge in [-0.05, 0) is 35.7 Å². The molecule has 0 aliphatic carbocycles. The molecule has 0 fully saturated rings. The molecule has 2 rings (SSSR count). The Morgan fingerprint density at radius 2 is 1.59 bits per heavy atom. The summed E-state index contributed by atoms with van der Waals surface area (Å²) in [5.74, 6) is 0. The third-order valence-electron chi connectivity index (χ3n) is 2.59. The second kappa shape index (κ2) is 5.90. The number of halogens is 3. The summed E-state index contributed by atoms with van der Waals surface area (Å²) in [6, 6.07) is 15.8. The maximum atomic E-state index is 6.14.